The number of esters is 1. The Kier molecular flexibility index (Phi) is 4.01. The van der Waals surface area contributed by atoms with Crippen molar-refractivity contribution < 1.29 is 14.5 Å². The number of nitrogens with zero attached hydrogens (tertiary/aromatic N) is 1. The van der Waals surface area contributed by atoms with Crippen molar-refractivity contribution in [1.82, 2.24) is 0 Å². The Labute approximate surface area is 99.7 Å². The van der Waals surface area contributed by atoms with Crippen LogP contribution in [0.2, 0.25) is 0 Å². The number of nitro groups is 1. The normalized spacial score (nSPS) is 9.73. The second-order valence-electron chi connectivity index (χ2n) is 2.64. The summed E-state index contributed by atoms with van der Waals surface area (Å²) in [6, 6.07) is 4.37. The molecule has 15 heavy (non-hydrogen) atoms. The van der Waals surface area contributed by atoms with Gasteiger partial charge in [0.2, 0.25) is 0 Å². The summed E-state index contributed by atoms with van der Waals surface area (Å²) in [5.74, 6) is -0.666. The predicted octanol–water partition coefficient (Wildman–Crippen LogP) is 2.38. The van der Waals surface area contributed by atoms with Crippen LogP contribution in [0.1, 0.15) is 17.3 Å². The summed E-state index contributed by atoms with van der Waals surface area (Å²) >= 11 is 1.94. The molecular weight excluding hydrogens is 313 g/mol. The van der Waals surface area contributed by atoms with Gasteiger partial charge in [-0.1, -0.05) is 0 Å². The molecule has 1 aromatic carbocycles. The lowest BCUT2D eigenvalue weighted by atomic mass is 10.2. The van der Waals surface area contributed by atoms with Gasteiger partial charge in [0.15, 0.2) is 0 Å². The summed E-state index contributed by atoms with van der Waals surface area (Å²) in [5, 5.41) is 10.7. The fourth-order valence-corrected chi connectivity index (χ4v) is 1.51. The molecule has 0 aliphatic carbocycles. The minimum absolute atomic E-state index is 0.0118. The van der Waals surface area contributed by atoms with Gasteiger partial charge >= 0.3 is 5.97 Å². The third kappa shape index (κ3) is 2.88. The van der Waals surface area contributed by atoms with E-state index in [0.717, 1.165) is 0 Å². The van der Waals surface area contributed by atoms with Crippen molar-refractivity contribution >= 4 is 34.2 Å². The largest absolute Gasteiger partial charge is 0.462 e. The van der Waals surface area contributed by atoms with Gasteiger partial charge in [0.25, 0.3) is 5.69 Å². The predicted molar refractivity (Wildman–Crippen MR) is 61.8 cm³/mol. The fourth-order valence-electron chi connectivity index (χ4n) is 1.04. The Hall–Kier alpha value is -1.18. The monoisotopic (exact) mass is 321 g/mol. The average molecular weight is 321 g/mol. The van der Waals surface area contributed by atoms with Crippen LogP contribution < -0.4 is 0 Å². The lowest BCUT2D eigenvalue weighted by molar-refractivity contribution is -0.385. The van der Waals surface area contributed by atoms with E-state index in [1.165, 1.54) is 12.1 Å². The van der Waals surface area contributed by atoms with Gasteiger partial charge in [-0.15, -0.1) is 0 Å². The number of nitro benzene ring substituents is 1. The van der Waals surface area contributed by atoms with Crippen molar-refractivity contribution in [1.29, 1.82) is 0 Å². The van der Waals surface area contributed by atoms with Crippen molar-refractivity contribution in [3.8, 4) is 0 Å². The van der Waals surface area contributed by atoms with E-state index >= 15 is 0 Å². The number of ether oxygens (including phenoxy) is 1. The van der Waals surface area contributed by atoms with Gasteiger partial charge in [0.1, 0.15) is 5.56 Å². The number of carbonyl (C=O) groups is 1. The van der Waals surface area contributed by atoms with Gasteiger partial charge in [0.05, 0.1) is 11.5 Å². The third-order valence-corrected chi connectivity index (χ3v) is 2.32. The van der Waals surface area contributed by atoms with E-state index in [0.29, 0.717) is 3.57 Å². The van der Waals surface area contributed by atoms with Crippen LogP contribution >= 0.6 is 22.6 Å². The Bertz CT molecular complexity index is 405. The van der Waals surface area contributed by atoms with E-state index in [-0.39, 0.29) is 17.9 Å². The molecule has 0 spiro atoms. The van der Waals surface area contributed by atoms with E-state index in [9.17, 15) is 14.9 Å². The molecule has 0 heterocycles. The molecule has 1 aromatic rings. The molecule has 0 atom stereocenters. The molecule has 1 rings (SSSR count). The summed E-state index contributed by atoms with van der Waals surface area (Å²) in [7, 11) is 0. The molecule has 0 N–H and O–H groups in total. The van der Waals surface area contributed by atoms with Gasteiger partial charge < -0.3 is 4.74 Å². The number of carbonyl (C=O) groups excluding carboxylic acids is 1. The van der Waals surface area contributed by atoms with Crippen LogP contribution in [-0.2, 0) is 4.74 Å². The fraction of sp³-hybridized carbons (Fsp3) is 0.222. The Balaban J connectivity index is 3.17. The highest BCUT2D eigenvalue weighted by Gasteiger charge is 2.21. The SMILES string of the molecule is CCOC(=O)c1ccc(I)cc1[N+](=O)[O-]. The van der Waals surface area contributed by atoms with E-state index in [2.05, 4.69) is 0 Å². The molecule has 80 valence electrons. The molecule has 6 heteroatoms. The van der Waals surface area contributed by atoms with E-state index in [1.807, 2.05) is 22.6 Å². The van der Waals surface area contributed by atoms with Crippen molar-refractivity contribution in [2.75, 3.05) is 6.61 Å². The Morgan fingerprint density at radius 3 is 2.80 bits per heavy atom. The molecule has 0 saturated carbocycles. The van der Waals surface area contributed by atoms with Crippen LogP contribution in [0.5, 0.6) is 0 Å². The number of rotatable bonds is 3. The van der Waals surface area contributed by atoms with Gasteiger partial charge in [0, 0.05) is 9.64 Å². The van der Waals surface area contributed by atoms with Crippen molar-refractivity contribution in [2.45, 2.75) is 6.92 Å². The molecule has 0 amide bonds. The molecular formula is C9H8INO4. The number of halogens is 1. The van der Waals surface area contributed by atoms with Gasteiger partial charge in [-0.25, -0.2) is 4.79 Å². The molecule has 0 radical (unpaired) electrons. The molecule has 0 aliphatic rings. The van der Waals surface area contributed by atoms with Crippen molar-refractivity contribution in [3.05, 3.63) is 37.4 Å². The number of hydrogen-bond donors (Lipinski definition) is 0. The molecule has 5 nitrogen and oxygen atoms in total. The van der Waals surface area contributed by atoms with E-state index < -0.39 is 10.9 Å². The van der Waals surface area contributed by atoms with Crippen LogP contribution in [0.15, 0.2) is 18.2 Å². The summed E-state index contributed by atoms with van der Waals surface area (Å²) in [6.45, 7) is 1.85. The maximum atomic E-state index is 11.4. The zero-order valence-corrected chi connectivity index (χ0v) is 10.1. The highest BCUT2D eigenvalue weighted by molar-refractivity contribution is 14.1. The Morgan fingerprint density at radius 2 is 2.27 bits per heavy atom. The van der Waals surface area contributed by atoms with Crippen LogP contribution in [0.4, 0.5) is 5.69 Å². The molecule has 0 saturated heterocycles. The molecule has 0 bridgehead atoms. The Morgan fingerprint density at radius 1 is 1.60 bits per heavy atom. The maximum absolute atomic E-state index is 11.4. The summed E-state index contributed by atoms with van der Waals surface area (Å²) in [5.41, 5.74) is -0.234. The second kappa shape index (κ2) is 5.06. The molecule has 0 aliphatic heterocycles. The van der Waals surface area contributed by atoms with Gasteiger partial charge in [-0.2, -0.15) is 0 Å². The highest BCUT2D eigenvalue weighted by Crippen LogP contribution is 2.22. The first-order chi connectivity index (χ1) is 7.06. The maximum Gasteiger partial charge on any atom is 0.345 e. The number of hydrogen-bond acceptors (Lipinski definition) is 4. The van der Waals surface area contributed by atoms with Gasteiger partial charge in [-0.05, 0) is 41.6 Å². The average Bonchev–Trinajstić information content (AvgIpc) is 2.17. The third-order valence-electron chi connectivity index (χ3n) is 1.65. The quantitative estimate of drug-likeness (QED) is 0.371. The van der Waals surface area contributed by atoms with Crippen molar-refractivity contribution in [2.24, 2.45) is 0 Å². The second-order valence-corrected chi connectivity index (χ2v) is 3.88. The van der Waals surface area contributed by atoms with Crippen LogP contribution in [0.3, 0.4) is 0 Å². The standard InChI is InChI=1S/C9H8INO4/c1-2-15-9(12)7-4-3-6(10)5-8(7)11(13)14/h3-5H,2H2,1H3. The zero-order valence-electron chi connectivity index (χ0n) is 7.90. The molecule has 0 fully saturated rings. The molecule has 0 aromatic heterocycles. The van der Waals surface area contributed by atoms with Crippen LogP contribution in [0.25, 0.3) is 0 Å². The van der Waals surface area contributed by atoms with E-state index in [1.54, 1.807) is 13.0 Å². The molecule has 0 unspecified atom stereocenters. The highest BCUT2D eigenvalue weighted by atomic mass is 127. The smallest absolute Gasteiger partial charge is 0.345 e. The lowest BCUT2D eigenvalue weighted by Gasteiger charge is -2.02. The first-order valence-corrected chi connectivity index (χ1v) is 5.25. The van der Waals surface area contributed by atoms with Gasteiger partial charge in [-0.3, -0.25) is 10.1 Å². The first kappa shape index (κ1) is 11.9. The minimum atomic E-state index is -0.666. The summed E-state index contributed by atoms with van der Waals surface area (Å²) in [4.78, 5) is 21.4. The van der Waals surface area contributed by atoms with E-state index in [4.69, 9.17) is 4.74 Å². The minimum Gasteiger partial charge on any atom is -0.462 e. The summed E-state index contributed by atoms with van der Waals surface area (Å²) < 4.78 is 5.41. The zero-order chi connectivity index (χ0) is 11.4. The topological polar surface area (TPSA) is 69.4 Å². The lowest BCUT2D eigenvalue weighted by Crippen LogP contribution is -2.08. The number of benzene rings is 1. The first-order valence-electron chi connectivity index (χ1n) is 4.17. The van der Waals surface area contributed by atoms with Crippen molar-refractivity contribution in [3.63, 3.8) is 0 Å². The van der Waals surface area contributed by atoms with Crippen LogP contribution in [0, 0.1) is 13.7 Å². The summed E-state index contributed by atoms with van der Waals surface area (Å²) in [6.07, 6.45) is 0. The van der Waals surface area contributed by atoms with Crippen LogP contribution in [-0.4, -0.2) is 17.5 Å².